The van der Waals surface area contributed by atoms with Gasteiger partial charge in [0, 0.05) is 11.3 Å². The molecule has 1 fully saturated rings. The van der Waals surface area contributed by atoms with Gasteiger partial charge in [0.25, 0.3) is 0 Å². The number of benzene rings is 1. The Bertz CT molecular complexity index is 886. The first-order valence-corrected chi connectivity index (χ1v) is 9.08. The fraction of sp³-hybridized carbons (Fsp3) is 0.500. The third kappa shape index (κ3) is 3.60. The zero-order chi connectivity index (χ0) is 18.8. The van der Waals surface area contributed by atoms with E-state index in [4.69, 9.17) is 4.42 Å². The van der Waals surface area contributed by atoms with Crippen molar-refractivity contribution in [3.05, 3.63) is 39.2 Å². The highest BCUT2D eigenvalue weighted by Gasteiger charge is 2.24. The van der Waals surface area contributed by atoms with E-state index in [0.29, 0.717) is 34.7 Å². The second-order valence-corrected chi connectivity index (χ2v) is 7.31. The number of aromatic hydroxyl groups is 1. The smallest absolute Gasteiger partial charge is 0.340 e. The van der Waals surface area contributed by atoms with Crippen LogP contribution in [0.2, 0.25) is 0 Å². The van der Waals surface area contributed by atoms with Crippen molar-refractivity contribution in [3.8, 4) is 5.75 Å². The summed E-state index contributed by atoms with van der Waals surface area (Å²) >= 11 is 0. The summed E-state index contributed by atoms with van der Waals surface area (Å²) < 4.78 is 10.2. The Kier molecular flexibility index (Phi) is 5.32. The number of likely N-dealkylation sites (tertiary alicyclic amines) is 1. The van der Waals surface area contributed by atoms with E-state index in [0.717, 1.165) is 24.9 Å². The number of phenols is 1. The molecule has 6 heteroatoms. The van der Waals surface area contributed by atoms with Crippen molar-refractivity contribution >= 4 is 16.9 Å². The Morgan fingerprint density at radius 3 is 2.85 bits per heavy atom. The number of esters is 1. The number of aryl methyl sites for hydroxylation is 1. The zero-order valence-corrected chi connectivity index (χ0v) is 15.6. The predicted octanol–water partition coefficient (Wildman–Crippen LogP) is 1.34. The van der Waals surface area contributed by atoms with Crippen molar-refractivity contribution < 1.29 is 24.0 Å². The van der Waals surface area contributed by atoms with Crippen molar-refractivity contribution in [1.29, 1.82) is 0 Å². The predicted molar refractivity (Wildman–Crippen MR) is 97.4 cm³/mol. The summed E-state index contributed by atoms with van der Waals surface area (Å²) in [6, 6.07) is 3.38. The minimum atomic E-state index is -0.547. The number of carbonyl (C=O) groups excluding carboxylic acids is 1. The van der Waals surface area contributed by atoms with Crippen LogP contribution in [0, 0.1) is 12.8 Å². The lowest BCUT2D eigenvalue weighted by Crippen LogP contribution is -3.12. The van der Waals surface area contributed by atoms with Crippen LogP contribution in [-0.4, -0.2) is 31.3 Å². The molecule has 1 unspecified atom stereocenters. The minimum absolute atomic E-state index is 0.119. The number of phenolic OH excluding ortho intramolecular Hbond substituents is 1. The van der Waals surface area contributed by atoms with Gasteiger partial charge in [-0.15, -0.1) is 0 Å². The number of ether oxygens (including phenoxy) is 1. The van der Waals surface area contributed by atoms with Gasteiger partial charge in [0.1, 0.15) is 12.3 Å². The Morgan fingerprint density at radius 1 is 1.38 bits per heavy atom. The average molecular weight is 360 g/mol. The molecule has 1 saturated heterocycles. The number of hydrogen-bond acceptors (Lipinski definition) is 5. The minimum Gasteiger partial charge on any atom is -0.507 e. The van der Waals surface area contributed by atoms with Gasteiger partial charge >= 0.3 is 11.6 Å². The van der Waals surface area contributed by atoms with Crippen LogP contribution in [-0.2, 0) is 22.5 Å². The number of nitrogens with one attached hydrogen (secondary N) is 1. The van der Waals surface area contributed by atoms with Crippen LogP contribution in [0.15, 0.2) is 21.3 Å². The molecule has 2 N–H and O–H groups in total. The molecule has 2 aromatic rings. The Morgan fingerprint density at radius 2 is 2.15 bits per heavy atom. The lowest BCUT2D eigenvalue weighted by molar-refractivity contribution is -0.922. The molecule has 2 atom stereocenters. The van der Waals surface area contributed by atoms with Crippen molar-refractivity contribution in [2.24, 2.45) is 5.92 Å². The highest BCUT2D eigenvalue weighted by molar-refractivity contribution is 5.86. The summed E-state index contributed by atoms with van der Waals surface area (Å²) in [5.41, 5.74) is 1.54. The van der Waals surface area contributed by atoms with Crippen LogP contribution in [0.5, 0.6) is 5.75 Å². The molecule has 0 amide bonds. The molecule has 1 aromatic carbocycles. The molecule has 140 valence electrons. The fourth-order valence-corrected chi connectivity index (χ4v) is 3.90. The van der Waals surface area contributed by atoms with Crippen LogP contribution in [0.25, 0.3) is 11.0 Å². The Balaban J connectivity index is 2.05. The highest BCUT2D eigenvalue weighted by atomic mass is 16.5. The maximum atomic E-state index is 12.5. The number of piperidine rings is 1. The summed E-state index contributed by atoms with van der Waals surface area (Å²) in [5, 5.41) is 11.1. The number of quaternary nitrogens is 1. The van der Waals surface area contributed by atoms with Crippen LogP contribution < -0.4 is 10.5 Å². The number of carbonyl (C=O) groups is 1. The van der Waals surface area contributed by atoms with E-state index >= 15 is 0 Å². The van der Waals surface area contributed by atoms with Crippen molar-refractivity contribution in [3.63, 3.8) is 0 Å². The lowest BCUT2D eigenvalue weighted by Gasteiger charge is -2.28. The summed E-state index contributed by atoms with van der Waals surface area (Å²) in [4.78, 5) is 25.4. The summed E-state index contributed by atoms with van der Waals surface area (Å²) in [6.07, 6.45) is 2.27. The number of fused-ring (bicyclic) bond motifs is 1. The summed E-state index contributed by atoms with van der Waals surface area (Å²) in [6.45, 7) is 6.75. The molecule has 1 aliphatic heterocycles. The molecule has 1 aliphatic rings. The van der Waals surface area contributed by atoms with E-state index in [1.807, 2.05) is 0 Å². The van der Waals surface area contributed by atoms with Gasteiger partial charge in [0.2, 0.25) is 0 Å². The maximum absolute atomic E-state index is 12.5. The van der Waals surface area contributed by atoms with E-state index in [1.54, 1.807) is 19.1 Å². The number of hydrogen-bond donors (Lipinski definition) is 2. The monoisotopic (exact) mass is 360 g/mol. The van der Waals surface area contributed by atoms with Gasteiger partial charge in [-0.05, 0) is 37.5 Å². The molecule has 6 nitrogen and oxygen atoms in total. The molecule has 0 saturated carbocycles. The molecule has 0 aliphatic carbocycles. The average Bonchev–Trinajstić information content (AvgIpc) is 2.61. The molecule has 0 spiro atoms. The molecule has 3 rings (SSSR count). The quantitative estimate of drug-likeness (QED) is 0.635. The largest absolute Gasteiger partial charge is 0.507 e. The summed E-state index contributed by atoms with van der Waals surface area (Å²) in [5.74, 6) is 0.313. The molecule has 26 heavy (non-hydrogen) atoms. The highest BCUT2D eigenvalue weighted by Crippen LogP contribution is 2.29. The maximum Gasteiger partial charge on any atom is 0.340 e. The van der Waals surface area contributed by atoms with Crippen molar-refractivity contribution in [1.82, 2.24) is 0 Å². The molecule has 2 heterocycles. The van der Waals surface area contributed by atoms with Gasteiger partial charge in [-0.2, -0.15) is 0 Å². The Hall–Kier alpha value is -2.34. The first-order valence-electron chi connectivity index (χ1n) is 9.08. The fourth-order valence-electron chi connectivity index (χ4n) is 3.90. The van der Waals surface area contributed by atoms with E-state index in [9.17, 15) is 14.7 Å². The van der Waals surface area contributed by atoms with Gasteiger partial charge in [-0.3, -0.25) is 4.79 Å². The molecule has 1 aromatic heterocycles. The van der Waals surface area contributed by atoms with Crippen LogP contribution in [0.3, 0.4) is 0 Å². The summed E-state index contributed by atoms with van der Waals surface area (Å²) in [7, 11) is 1.29. The molecule has 0 bridgehead atoms. The van der Waals surface area contributed by atoms with E-state index in [-0.39, 0.29) is 12.2 Å². The third-order valence-corrected chi connectivity index (χ3v) is 5.37. The van der Waals surface area contributed by atoms with Crippen LogP contribution >= 0.6 is 0 Å². The first-order chi connectivity index (χ1) is 12.4. The molecule has 0 radical (unpaired) electrons. The number of rotatable bonds is 4. The second-order valence-electron chi connectivity index (χ2n) is 7.31. The van der Waals surface area contributed by atoms with Crippen molar-refractivity contribution in [2.75, 3.05) is 20.2 Å². The van der Waals surface area contributed by atoms with E-state index in [1.165, 1.54) is 18.4 Å². The standard InChI is InChI=1S/C20H25NO5/c1-12-5-4-8-21(10-12)11-16-17(22)7-6-14-13(2)15(9-18(23)25-3)20(24)26-19(14)16/h6-7,12,22H,4-5,8-11H2,1-3H3/p+1/t12-/m1/s1. The third-order valence-electron chi connectivity index (χ3n) is 5.37. The normalized spacial score (nSPS) is 20.3. The first kappa shape index (κ1) is 18.5. The molecular formula is C20H26NO5+. The number of methoxy groups -OCH3 is 1. The molecular weight excluding hydrogens is 334 g/mol. The lowest BCUT2D eigenvalue weighted by atomic mass is 9.98. The van der Waals surface area contributed by atoms with Gasteiger partial charge in [-0.25, -0.2) is 4.79 Å². The SMILES string of the molecule is COC(=O)Cc1c(C)c2ccc(O)c(C[NH+]3CCC[C@@H](C)C3)c2oc1=O. The Labute approximate surface area is 152 Å². The van der Waals surface area contributed by atoms with Crippen molar-refractivity contribution in [2.45, 2.75) is 39.7 Å². The van der Waals surface area contributed by atoms with Crippen LogP contribution in [0.1, 0.15) is 36.5 Å². The van der Waals surface area contributed by atoms with E-state index in [2.05, 4.69) is 11.7 Å². The van der Waals surface area contributed by atoms with Gasteiger partial charge < -0.3 is 19.2 Å². The van der Waals surface area contributed by atoms with Gasteiger partial charge in [0.05, 0.1) is 37.7 Å². The van der Waals surface area contributed by atoms with Gasteiger partial charge in [-0.1, -0.05) is 6.92 Å². The van der Waals surface area contributed by atoms with Gasteiger partial charge in [0.15, 0.2) is 5.58 Å². The van der Waals surface area contributed by atoms with E-state index < -0.39 is 11.6 Å². The van der Waals surface area contributed by atoms with Crippen LogP contribution in [0.4, 0.5) is 0 Å². The topological polar surface area (TPSA) is 81.2 Å². The second kappa shape index (κ2) is 7.50. The zero-order valence-electron chi connectivity index (χ0n) is 15.6.